The van der Waals surface area contributed by atoms with Gasteiger partial charge in [-0.1, -0.05) is 11.6 Å². The van der Waals surface area contributed by atoms with Crippen LogP contribution in [0.25, 0.3) is 10.7 Å². The van der Waals surface area contributed by atoms with Gasteiger partial charge in [-0.25, -0.2) is 4.98 Å². The van der Waals surface area contributed by atoms with Gasteiger partial charge in [0, 0.05) is 9.85 Å². The van der Waals surface area contributed by atoms with Gasteiger partial charge in [0.15, 0.2) is 11.0 Å². The van der Waals surface area contributed by atoms with Crippen LogP contribution in [0.2, 0.25) is 5.15 Å². The van der Waals surface area contributed by atoms with Gasteiger partial charge in [-0.2, -0.15) is 5.10 Å². The lowest BCUT2D eigenvalue weighted by atomic mass is 10.4. The van der Waals surface area contributed by atoms with Crippen LogP contribution in [0.1, 0.15) is 0 Å². The molecule has 0 N–H and O–H groups in total. The van der Waals surface area contributed by atoms with Crippen molar-refractivity contribution >= 4 is 38.9 Å². The largest absolute Gasteiger partial charge is 0.212 e. The number of hydrogen-bond donors (Lipinski definition) is 0. The van der Waals surface area contributed by atoms with Gasteiger partial charge in [-0.05, 0) is 22.0 Å². The van der Waals surface area contributed by atoms with Crippen molar-refractivity contribution in [2.24, 2.45) is 0 Å². The van der Waals surface area contributed by atoms with Crippen LogP contribution in [0.3, 0.4) is 0 Å². The second-order valence-corrected chi connectivity index (χ2v) is 4.45. The molecule has 6 heteroatoms. The molecule has 0 atom stereocenters. The van der Waals surface area contributed by atoms with Gasteiger partial charge in [-0.3, -0.25) is 0 Å². The molecular weight excluding hydrogens is 274 g/mol. The standard InChI is InChI=1S/C7H3BrClN3S/c8-4-1-5(13-3-4)7-11-6(9)2-10-12-7/h1-3H. The lowest BCUT2D eigenvalue weighted by Gasteiger charge is -1.92. The van der Waals surface area contributed by atoms with Crippen LogP contribution in [0.5, 0.6) is 0 Å². The van der Waals surface area contributed by atoms with Gasteiger partial charge in [0.25, 0.3) is 0 Å². The summed E-state index contributed by atoms with van der Waals surface area (Å²) in [5.41, 5.74) is 0. The predicted molar refractivity (Wildman–Crippen MR) is 55.9 cm³/mol. The molecule has 3 nitrogen and oxygen atoms in total. The summed E-state index contributed by atoms with van der Waals surface area (Å²) in [4.78, 5) is 4.98. The van der Waals surface area contributed by atoms with Crippen LogP contribution in [0.4, 0.5) is 0 Å². The number of hydrogen-bond acceptors (Lipinski definition) is 4. The second-order valence-electron chi connectivity index (χ2n) is 2.23. The van der Waals surface area contributed by atoms with Gasteiger partial charge >= 0.3 is 0 Å². The van der Waals surface area contributed by atoms with Crippen molar-refractivity contribution in [3.63, 3.8) is 0 Å². The van der Waals surface area contributed by atoms with E-state index in [9.17, 15) is 0 Å². The molecule has 0 saturated carbocycles. The van der Waals surface area contributed by atoms with Crippen molar-refractivity contribution in [1.29, 1.82) is 0 Å². The maximum absolute atomic E-state index is 5.68. The first-order valence-corrected chi connectivity index (χ1v) is 5.40. The summed E-state index contributed by atoms with van der Waals surface area (Å²) >= 11 is 10.6. The molecule has 0 amide bonds. The summed E-state index contributed by atoms with van der Waals surface area (Å²) in [6, 6.07) is 1.93. The molecule has 2 aromatic rings. The van der Waals surface area contributed by atoms with E-state index in [-0.39, 0.29) is 0 Å². The molecule has 0 unspecified atom stereocenters. The minimum absolute atomic E-state index is 0.356. The predicted octanol–water partition coefficient (Wildman–Crippen LogP) is 3.02. The number of aromatic nitrogens is 3. The highest BCUT2D eigenvalue weighted by Gasteiger charge is 2.05. The Labute approximate surface area is 91.9 Å². The van der Waals surface area contributed by atoms with Crippen molar-refractivity contribution in [1.82, 2.24) is 15.2 Å². The van der Waals surface area contributed by atoms with Gasteiger partial charge in [0.1, 0.15) is 0 Å². The van der Waals surface area contributed by atoms with Crippen LogP contribution < -0.4 is 0 Å². The summed E-state index contributed by atoms with van der Waals surface area (Å²) in [5.74, 6) is 0.559. The molecule has 0 aromatic carbocycles. The summed E-state index contributed by atoms with van der Waals surface area (Å²) in [5, 5.41) is 9.90. The van der Waals surface area contributed by atoms with E-state index in [1.54, 1.807) is 11.3 Å². The summed E-state index contributed by atoms with van der Waals surface area (Å²) in [6.07, 6.45) is 1.41. The van der Waals surface area contributed by atoms with E-state index in [0.717, 1.165) is 9.35 Å². The molecule has 0 radical (unpaired) electrons. The van der Waals surface area contributed by atoms with Crippen molar-refractivity contribution in [3.05, 3.63) is 27.3 Å². The maximum Gasteiger partial charge on any atom is 0.193 e. The molecule has 0 aliphatic rings. The van der Waals surface area contributed by atoms with Crippen LogP contribution >= 0.6 is 38.9 Å². The Morgan fingerprint density at radius 3 is 2.92 bits per heavy atom. The molecule has 0 aliphatic heterocycles. The molecular formula is C7H3BrClN3S. The summed E-state index contributed by atoms with van der Waals surface area (Å²) < 4.78 is 1.01. The smallest absolute Gasteiger partial charge is 0.193 e. The second kappa shape index (κ2) is 3.69. The third-order valence-electron chi connectivity index (χ3n) is 1.32. The molecule has 0 saturated heterocycles. The lowest BCUT2D eigenvalue weighted by Crippen LogP contribution is -1.89. The van der Waals surface area contributed by atoms with Crippen molar-refractivity contribution < 1.29 is 0 Å². The molecule has 2 aromatic heterocycles. The van der Waals surface area contributed by atoms with Crippen LogP contribution in [-0.4, -0.2) is 15.2 Å². The van der Waals surface area contributed by atoms with Gasteiger partial charge in [0.2, 0.25) is 0 Å². The zero-order valence-electron chi connectivity index (χ0n) is 6.24. The van der Waals surface area contributed by atoms with Crippen molar-refractivity contribution in [3.8, 4) is 10.7 Å². The van der Waals surface area contributed by atoms with Crippen molar-refractivity contribution in [2.45, 2.75) is 0 Å². The summed E-state index contributed by atoms with van der Waals surface area (Å²) in [7, 11) is 0. The Morgan fingerprint density at radius 1 is 1.46 bits per heavy atom. The Morgan fingerprint density at radius 2 is 2.31 bits per heavy atom. The molecule has 0 fully saturated rings. The average molecular weight is 277 g/mol. The van der Waals surface area contributed by atoms with E-state index in [4.69, 9.17) is 11.6 Å². The Hall–Kier alpha value is -0.520. The first-order chi connectivity index (χ1) is 6.25. The normalized spacial score (nSPS) is 10.3. The fourth-order valence-corrected chi connectivity index (χ4v) is 2.30. The van der Waals surface area contributed by atoms with Gasteiger partial charge < -0.3 is 0 Å². The van der Waals surface area contributed by atoms with E-state index >= 15 is 0 Å². The molecule has 0 aliphatic carbocycles. The number of rotatable bonds is 1. The highest BCUT2D eigenvalue weighted by atomic mass is 79.9. The highest BCUT2D eigenvalue weighted by molar-refractivity contribution is 9.10. The number of halogens is 2. The van der Waals surface area contributed by atoms with Crippen LogP contribution in [0, 0.1) is 0 Å². The molecule has 0 bridgehead atoms. The Bertz CT molecular complexity index is 431. The van der Waals surface area contributed by atoms with Crippen molar-refractivity contribution in [2.75, 3.05) is 0 Å². The van der Waals surface area contributed by atoms with Crippen LogP contribution in [-0.2, 0) is 0 Å². The van der Waals surface area contributed by atoms with E-state index in [0.29, 0.717) is 11.0 Å². The molecule has 2 heterocycles. The minimum atomic E-state index is 0.356. The first-order valence-electron chi connectivity index (χ1n) is 3.35. The number of thiophene rings is 1. The maximum atomic E-state index is 5.68. The van der Waals surface area contributed by atoms with E-state index in [1.165, 1.54) is 6.20 Å². The molecule has 66 valence electrons. The SMILES string of the molecule is Clc1cnnc(-c2cc(Br)cs2)n1. The van der Waals surface area contributed by atoms with E-state index in [1.807, 2.05) is 11.4 Å². The zero-order chi connectivity index (χ0) is 9.26. The third-order valence-corrected chi connectivity index (χ3v) is 3.19. The Kier molecular flexibility index (Phi) is 2.57. The molecule has 0 spiro atoms. The number of nitrogens with zero attached hydrogens (tertiary/aromatic N) is 3. The first kappa shape index (κ1) is 9.05. The fourth-order valence-electron chi connectivity index (χ4n) is 0.818. The zero-order valence-corrected chi connectivity index (χ0v) is 9.40. The minimum Gasteiger partial charge on any atom is -0.212 e. The third kappa shape index (κ3) is 2.04. The monoisotopic (exact) mass is 275 g/mol. The highest BCUT2D eigenvalue weighted by Crippen LogP contribution is 2.27. The lowest BCUT2D eigenvalue weighted by molar-refractivity contribution is 0.984. The van der Waals surface area contributed by atoms with E-state index < -0.39 is 0 Å². The van der Waals surface area contributed by atoms with Gasteiger partial charge in [-0.15, -0.1) is 16.4 Å². The molecule has 13 heavy (non-hydrogen) atoms. The Balaban J connectivity index is 2.46. The van der Waals surface area contributed by atoms with Gasteiger partial charge in [0.05, 0.1) is 11.1 Å². The summed E-state index contributed by atoms with van der Waals surface area (Å²) in [6.45, 7) is 0. The van der Waals surface area contributed by atoms with Crippen LogP contribution in [0.15, 0.2) is 22.1 Å². The fraction of sp³-hybridized carbons (Fsp3) is 0. The quantitative estimate of drug-likeness (QED) is 0.803. The average Bonchev–Trinajstić information content (AvgIpc) is 2.52. The molecule has 2 rings (SSSR count). The topological polar surface area (TPSA) is 38.7 Å². The van der Waals surface area contributed by atoms with E-state index in [2.05, 4.69) is 31.1 Å².